The lowest BCUT2D eigenvalue weighted by Gasteiger charge is -1.88. The Kier molecular flexibility index (Phi) is 1.31. The van der Waals surface area contributed by atoms with Gasteiger partial charge in [-0.05, 0) is 11.4 Å². The molecule has 3 nitrogen and oxygen atoms in total. The van der Waals surface area contributed by atoms with Gasteiger partial charge in [0.1, 0.15) is 5.65 Å². The van der Waals surface area contributed by atoms with E-state index >= 15 is 0 Å². The van der Waals surface area contributed by atoms with E-state index in [1.807, 2.05) is 29.2 Å². The number of hydrogen-bond donors (Lipinski definition) is 1. The van der Waals surface area contributed by atoms with Crippen molar-refractivity contribution in [1.82, 2.24) is 14.6 Å². The normalized spacial score (nSPS) is 11.1. The van der Waals surface area contributed by atoms with Crippen molar-refractivity contribution in [3.63, 3.8) is 0 Å². The summed E-state index contributed by atoms with van der Waals surface area (Å²) in [6.45, 7) is 0. The van der Waals surface area contributed by atoms with Gasteiger partial charge in [0.15, 0.2) is 0 Å². The predicted molar refractivity (Wildman–Crippen MR) is 52.9 cm³/mol. The van der Waals surface area contributed by atoms with Gasteiger partial charge in [-0.25, -0.2) is 4.52 Å². The Morgan fingerprint density at radius 2 is 2.46 bits per heavy atom. The van der Waals surface area contributed by atoms with Gasteiger partial charge >= 0.3 is 0 Å². The predicted octanol–water partition coefficient (Wildman–Crippen LogP) is 2.39. The lowest BCUT2D eigenvalue weighted by molar-refractivity contribution is 0.973. The third kappa shape index (κ3) is 0.922. The zero-order chi connectivity index (χ0) is 8.67. The summed E-state index contributed by atoms with van der Waals surface area (Å²) >= 11 is 1.73. The smallest absolute Gasteiger partial charge is 0.141 e. The van der Waals surface area contributed by atoms with Crippen LogP contribution in [0.2, 0.25) is 0 Å². The summed E-state index contributed by atoms with van der Waals surface area (Å²) in [5, 5.41) is 6.30. The molecule has 4 heteroatoms. The van der Waals surface area contributed by atoms with Crippen LogP contribution in [0.5, 0.6) is 0 Å². The fourth-order valence-electron chi connectivity index (χ4n) is 1.42. The molecule has 0 atom stereocenters. The number of imidazole rings is 1. The van der Waals surface area contributed by atoms with Gasteiger partial charge in [0.2, 0.25) is 0 Å². The highest BCUT2D eigenvalue weighted by Crippen LogP contribution is 2.27. The zero-order valence-corrected chi connectivity index (χ0v) is 7.58. The molecule has 0 amide bonds. The second kappa shape index (κ2) is 2.47. The number of aromatic amines is 1. The van der Waals surface area contributed by atoms with Gasteiger partial charge in [-0.3, -0.25) is 0 Å². The monoisotopic (exact) mass is 189 g/mol. The quantitative estimate of drug-likeness (QED) is 0.626. The van der Waals surface area contributed by atoms with Gasteiger partial charge in [-0.2, -0.15) is 5.10 Å². The Hall–Kier alpha value is -1.55. The van der Waals surface area contributed by atoms with Crippen LogP contribution in [0.4, 0.5) is 0 Å². The lowest BCUT2D eigenvalue weighted by atomic mass is 10.3. The van der Waals surface area contributed by atoms with Crippen molar-refractivity contribution in [2.75, 3.05) is 0 Å². The molecule has 64 valence electrons. The van der Waals surface area contributed by atoms with E-state index in [2.05, 4.69) is 21.5 Å². The number of rotatable bonds is 1. The van der Waals surface area contributed by atoms with Crippen LogP contribution in [0.25, 0.3) is 16.1 Å². The molecule has 0 spiro atoms. The first-order chi connectivity index (χ1) is 6.45. The number of hydrogen-bond acceptors (Lipinski definition) is 2. The second-order valence-corrected chi connectivity index (χ2v) is 3.74. The van der Waals surface area contributed by atoms with Gasteiger partial charge in [-0.1, -0.05) is 6.07 Å². The van der Waals surface area contributed by atoms with Crippen LogP contribution in [-0.4, -0.2) is 14.6 Å². The highest BCUT2D eigenvalue weighted by molar-refractivity contribution is 7.13. The average molecular weight is 189 g/mol. The van der Waals surface area contributed by atoms with E-state index in [0.29, 0.717) is 0 Å². The van der Waals surface area contributed by atoms with Gasteiger partial charge in [-0.15, -0.1) is 11.3 Å². The number of nitrogens with one attached hydrogen (secondary N) is 1. The van der Waals surface area contributed by atoms with E-state index in [4.69, 9.17) is 0 Å². The maximum atomic E-state index is 4.23. The average Bonchev–Trinajstić information content (AvgIpc) is 2.79. The number of thiophene rings is 1. The highest BCUT2D eigenvalue weighted by Gasteiger charge is 2.06. The zero-order valence-electron chi connectivity index (χ0n) is 6.77. The van der Waals surface area contributed by atoms with E-state index in [0.717, 1.165) is 5.65 Å². The molecule has 3 aromatic heterocycles. The van der Waals surface area contributed by atoms with Crippen LogP contribution >= 0.6 is 11.3 Å². The van der Waals surface area contributed by atoms with E-state index < -0.39 is 0 Å². The molecule has 1 N–H and O–H groups in total. The van der Waals surface area contributed by atoms with Gasteiger partial charge in [0, 0.05) is 17.3 Å². The van der Waals surface area contributed by atoms with Crippen molar-refractivity contribution in [1.29, 1.82) is 0 Å². The number of fused-ring (bicyclic) bond motifs is 1. The van der Waals surface area contributed by atoms with Crippen LogP contribution < -0.4 is 0 Å². The molecule has 0 fully saturated rings. The summed E-state index contributed by atoms with van der Waals surface area (Å²) in [6, 6.07) is 4.15. The maximum Gasteiger partial charge on any atom is 0.141 e. The summed E-state index contributed by atoms with van der Waals surface area (Å²) in [5.41, 5.74) is 2.22. The summed E-state index contributed by atoms with van der Waals surface area (Å²) < 4.78 is 1.84. The van der Waals surface area contributed by atoms with Crippen LogP contribution in [0, 0.1) is 0 Å². The Morgan fingerprint density at radius 1 is 1.46 bits per heavy atom. The molecular formula is C9H7N3S. The molecule has 0 saturated carbocycles. The Balaban J connectivity index is 2.33. The first-order valence-electron chi connectivity index (χ1n) is 4.00. The standard InChI is InChI=1S/C9H7N3S/c1-2-8(13-5-1)7-6-11-12-4-3-10-9(7)12/h1-6,10H. The SMILES string of the molecule is c1csc(-c2cnn3cc[nH]c23)c1. The molecule has 0 bridgehead atoms. The van der Waals surface area contributed by atoms with E-state index in [-0.39, 0.29) is 0 Å². The lowest BCUT2D eigenvalue weighted by Crippen LogP contribution is -1.76. The Bertz CT molecular complexity index is 518. The van der Waals surface area contributed by atoms with Crippen LogP contribution in [0.15, 0.2) is 36.1 Å². The molecule has 0 saturated heterocycles. The molecule has 13 heavy (non-hydrogen) atoms. The summed E-state index contributed by atoms with van der Waals surface area (Å²) in [5.74, 6) is 0. The topological polar surface area (TPSA) is 33.1 Å². The molecule has 0 aliphatic heterocycles. The first kappa shape index (κ1) is 6.91. The van der Waals surface area contributed by atoms with Crippen molar-refractivity contribution < 1.29 is 0 Å². The van der Waals surface area contributed by atoms with Crippen LogP contribution in [-0.2, 0) is 0 Å². The fraction of sp³-hybridized carbons (Fsp3) is 0. The number of nitrogens with zero attached hydrogens (tertiary/aromatic N) is 2. The van der Waals surface area contributed by atoms with Gasteiger partial charge in [0.25, 0.3) is 0 Å². The molecular weight excluding hydrogens is 182 g/mol. The van der Waals surface area contributed by atoms with E-state index in [1.54, 1.807) is 11.3 Å². The summed E-state index contributed by atoms with van der Waals surface area (Å²) in [7, 11) is 0. The molecule has 3 heterocycles. The van der Waals surface area contributed by atoms with E-state index in [1.165, 1.54) is 10.4 Å². The molecule has 0 unspecified atom stereocenters. The van der Waals surface area contributed by atoms with Crippen molar-refractivity contribution in [3.05, 3.63) is 36.1 Å². The number of aromatic nitrogens is 3. The second-order valence-electron chi connectivity index (χ2n) is 2.79. The summed E-state index contributed by atoms with van der Waals surface area (Å²) in [6.07, 6.45) is 5.68. The largest absolute Gasteiger partial charge is 0.344 e. The highest BCUT2D eigenvalue weighted by atomic mass is 32.1. The first-order valence-corrected chi connectivity index (χ1v) is 4.88. The van der Waals surface area contributed by atoms with Gasteiger partial charge < -0.3 is 4.98 Å². The van der Waals surface area contributed by atoms with E-state index in [9.17, 15) is 0 Å². The summed E-state index contributed by atoms with van der Waals surface area (Å²) in [4.78, 5) is 4.41. The molecule has 0 radical (unpaired) electrons. The minimum absolute atomic E-state index is 1.06. The third-order valence-electron chi connectivity index (χ3n) is 2.02. The molecule has 0 aromatic carbocycles. The van der Waals surface area contributed by atoms with Crippen molar-refractivity contribution in [2.45, 2.75) is 0 Å². The van der Waals surface area contributed by atoms with Crippen molar-refractivity contribution in [3.8, 4) is 10.4 Å². The minimum Gasteiger partial charge on any atom is -0.344 e. The Morgan fingerprint density at radius 3 is 3.31 bits per heavy atom. The minimum atomic E-state index is 1.06. The van der Waals surface area contributed by atoms with Crippen LogP contribution in [0.1, 0.15) is 0 Å². The fourth-order valence-corrected chi connectivity index (χ4v) is 2.16. The molecule has 3 aromatic rings. The molecule has 0 aliphatic rings. The number of H-pyrrole nitrogens is 1. The van der Waals surface area contributed by atoms with Crippen molar-refractivity contribution >= 4 is 17.0 Å². The van der Waals surface area contributed by atoms with Crippen molar-refractivity contribution in [2.24, 2.45) is 0 Å². The van der Waals surface area contributed by atoms with Gasteiger partial charge in [0.05, 0.1) is 11.8 Å². The molecule has 3 rings (SSSR count). The third-order valence-corrected chi connectivity index (χ3v) is 2.92. The molecule has 0 aliphatic carbocycles. The Labute approximate surface area is 78.6 Å². The maximum absolute atomic E-state index is 4.23. The van der Waals surface area contributed by atoms with Crippen LogP contribution in [0.3, 0.4) is 0 Å².